The predicted octanol–water partition coefficient (Wildman–Crippen LogP) is 0.894. The fraction of sp³-hybridized carbons (Fsp3) is 0.250. The molecule has 2 nitrogen and oxygen atoms in total. The van der Waals surface area contributed by atoms with Crippen LogP contribution >= 0.6 is 22.6 Å². The van der Waals surface area contributed by atoms with Crippen molar-refractivity contribution < 1.29 is 0 Å². The Labute approximate surface area is 55.8 Å². The maximum atomic E-state index is 3.91. The largest absolute Gasteiger partial charge is 0.361 e. The maximum Gasteiger partial charge on any atom is 0.108 e. The number of nitrogens with one attached hydrogen (secondary N) is 1. The zero-order valence-corrected chi connectivity index (χ0v) is 5.84. The number of hydrogen-bond donors (Lipinski definition) is 1. The molecule has 1 heterocycles. The van der Waals surface area contributed by atoms with Gasteiger partial charge < -0.3 is 5.32 Å². The van der Waals surface area contributed by atoms with Gasteiger partial charge in [-0.2, -0.15) is 0 Å². The number of rotatable bonds is 0. The normalized spacial score (nSPS) is 18.1. The van der Waals surface area contributed by atoms with Crippen LogP contribution in [-0.4, -0.2) is 12.9 Å². The van der Waals surface area contributed by atoms with Crippen LogP contribution in [-0.2, 0) is 0 Å². The molecule has 0 aliphatic carbocycles. The van der Waals surface area contributed by atoms with Gasteiger partial charge in [-0.1, -0.05) is 0 Å². The van der Waals surface area contributed by atoms with Gasteiger partial charge in [-0.3, -0.25) is 4.99 Å². The highest BCUT2D eigenvalue weighted by Crippen LogP contribution is 2.00. The molecule has 0 saturated carbocycles. The first kappa shape index (κ1) is 5.08. The molecule has 0 aromatic rings. The molecule has 0 bridgehead atoms. The van der Waals surface area contributed by atoms with Crippen molar-refractivity contribution in [2.24, 2.45) is 4.99 Å². The zero-order valence-electron chi connectivity index (χ0n) is 3.69. The van der Waals surface area contributed by atoms with Crippen LogP contribution in [0.5, 0.6) is 0 Å². The summed E-state index contributed by atoms with van der Waals surface area (Å²) >= 11 is 2.22. The number of halogens is 1. The molecule has 0 unspecified atom stereocenters. The lowest BCUT2D eigenvalue weighted by Crippen LogP contribution is -2.11. The molecule has 0 saturated heterocycles. The molecule has 38 valence electrons. The summed E-state index contributed by atoms with van der Waals surface area (Å²) in [5.74, 6) is 0. The molecule has 0 aromatic carbocycles. The number of aliphatic imine (C=N–C) groups is 1. The molecule has 3 heteroatoms. The average Bonchev–Trinajstić information content (AvgIpc) is 1.69. The molecule has 0 atom stereocenters. The molecular formula is C4H5IN2. The van der Waals surface area contributed by atoms with E-state index in [0.717, 1.165) is 10.4 Å². The third kappa shape index (κ3) is 1.46. The molecule has 0 amide bonds. The van der Waals surface area contributed by atoms with Crippen molar-refractivity contribution in [2.45, 2.75) is 0 Å². The van der Waals surface area contributed by atoms with Gasteiger partial charge in [0.1, 0.15) is 6.67 Å². The zero-order chi connectivity index (χ0) is 5.11. The van der Waals surface area contributed by atoms with Crippen LogP contribution < -0.4 is 5.32 Å². The third-order valence-corrected chi connectivity index (χ3v) is 1.41. The monoisotopic (exact) mass is 208 g/mol. The van der Waals surface area contributed by atoms with Crippen LogP contribution in [0.25, 0.3) is 0 Å². The summed E-state index contributed by atoms with van der Waals surface area (Å²) in [5.41, 5.74) is 0. The van der Waals surface area contributed by atoms with Crippen molar-refractivity contribution in [3.8, 4) is 0 Å². The molecule has 7 heavy (non-hydrogen) atoms. The maximum absolute atomic E-state index is 3.91. The summed E-state index contributed by atoms with van der Waals surface area (Å²) in [6.45, 7) is 0.731. The fourth-order valence-electron chi connectivity index (χ4n) is 0.351. The minimum absolute atomic E-state index is 0.731. The van der Waals surface area contributed by atoms with Gasteiger partial charge >= 0.3 is 0 Å². The van der Waals surface area contributed by atoms with Gasteiger partial charge in [0.25, 0.3) is 0 Å². The first-order valence-electron chi connectivity index (χ1n) is 1.99. The number of allylic oxidation sites excluding steroid dienone is 1. The molecular weight excluding hydrogens is 203 g/mol. The van der Waals surface area contributed by atoms with E-state index in [0.29, 0.717) is 0 Å². The second-order valence-electron chi connectivity index (χ2n) is 1.18. The molecule has 1 aliphatic rings. The Kier molecular flexibility index (Phi) is 1.67. The molecule has 0 spiro atoms. The van der Waals surface area contributed by atoms with Gasteiger partial charge in [-0.05, 0) is 28.7 Å². The Morgan fingerprint density at radius 3 is 3.00 bits per heavy atom. The smallest absolute Gasteiger partial charge is 0.108 e. The minimum Gasteiger partial charge on any atom is -0.361 e. The fourth-order valence-corrected chi connectivity index (χ4v) is 0.682. The van der Waals surface area contributed by atoms with Crippen molar-refractivity contribution in [3.05, 3.63) is 9.78 Å². The second kappa shape index (κ2) is 2.30. The minimum atomic E-state index is 0.731. The van der Waals surface area contributed by atoms with Gasteiger partial charge in [0.05, 0.1) is 3.70 Å². The van der Waals surface area contributed by atoms with E-state index in [4.69, 9.17) is 0 Å². The number of nitrogens with zero attached hydrogens (tertiary/aromatic N) is 1. The SMILES string of the molecule is IC1=CC=NCN1. The molecule has 1 aliphatic heterocycles. The Hall–Kier alpha value is -0.0600. The van der Waals surface area contributed by atoms with Gasteiger partial charge in [0.15, 0.2) is 0 Å². The Balaban J connectivity index is 2.57. The Morgan fingerprint density at radius 2 is 2.71 bits per heavy atom. The lowest BCUT2D eigenvalue weighted by molar-refractivity contribution is 0.873. The van der Waals surface area contributed by atoms with Crippen LogP contribution in [0, 0.1) is 0 Å². The van der Waals surface area contributed by atoms with Crippen LogP contribution in [0.3, 0.4) is 0 Å². The van der Waals surface area contributed by atoms with E-state index in [1.54, 1.807) is 6.21 Å². The van der Waals surface area contributed by atoms with Gasteiger partial charge in [0, 0.05) is 6.21 Å². The van der Waals surface area contributed by atoms with Crippen LogP contribution in [0.15, 0.2) is 14.8 Å². The first-order valence-corrected chi connectivity index (χ1v) is 3.07. The van der Waals surface area contributed by atoms with E-state index >= 15 is 0 Å². The molecule has 0 aromatic heterocycles. The van der Waals surface area contributed by atoms with Crippen molar-refractivity contribution in [1.82, 2.24) is 5.32 Å². The summed E-state index contributed by atoms with van der Waals surface area (Å²) in [6, 6.07) is 0. The summed E-state index contributed by atoms with van der Waals surface area (Å²) in [5, 5.41) is 3.03. The van der Waals surface area contributed by atoms with E-state index in [-0.39, 0.29) is 0 Å². The standard InChI is InChI=1S/C4H5IN2/c5-4-1-2-6-3-7-4/h1-2,7H,3H2. The lowest BCUT2D eigenvalue weighted by Gasteiger charge is -2.01. The first-order chi connectivity index (χ1) is 3.39. The topological polar surface area (TPSA) is 24.4 Å². The lowest BCUT2D eigenvalue weighted by atomic mass is 10.6. The van der Waals surface area contributed by atoms with Crippen LogP contribution in [0.2, 0.25) is 0 Å². The average molecular weight is 208 g/mol. The Morgan fingerprint density at radius 1 is 1.86 bits per heavy atom. The van der Waals surface area contributed by atoms with E-state index in [9.17, 15) is 0 Å². The van der Waals surface area contributed by atoms with Crippen molar-refractivity contribution in [1.29, 1.82) is 0 Å². The predicted molar refractivity (Wildman–Crippen MR) is 38.6 cm³/mol. The van der Waals surface area contributed by atoms with E-state index < -0.39 is 0 Å². The van der Waals surface area contributed by atoms with Crippen molar-refractivity contribution in [2.75, 3.05) is 6.67 Å². The van der Waals surface area contributed by atoms with Crippen molar-refractivity contribution >= 4 is 28.8 Å². The molecule has 1 rings (SSSR count). The summed E-state index contributed by atoms with van der Waals surface area (Å²) in [6.07, 6.45) is 3.74. The van der Waals surface area contributed by atoms with Crippen molar-refractivity contribution in [3.63, 3.8) is 0 Å². The molecule has 1 N–H and O–H groups in total. The van der Waals surface area contributed by atoms with E-state index in [1.807, 2.05) is 6.08 Å². The van der Waals surface area contributed by atoms with Gasteiger partial charge in [-0.25, -0.2) is 0 Å². The molecule has 0 fully saturated rings. The number of hydrogen-bond acceptors (Lipinski definition) is 2. The highest BCUT2D eigenvalue weighted by molar-refractivity contribution is 14.1. The summed E-state index contributed by atoms with van der Waals surface area (Å²) < 4.78 is 1.16. The molecule has 0 radical (unpaired) electrons. The van der Waals surface area contributed by atoms with Crippen LogP contribution in [0.1, 0.15) is 0 Å². The quantitative estimate of drug-likeness (QED) is 0.464. The van der Waals surface area contributed by atoms with E-state index in [2.05, 4.69) is 32.9 Å². The third-order valence-electron chi connectivity index (χ3n) is 0.665. The Bertz CT molecular complexity index is 117. The van der Waals surface area contributed by atoms with Gasteiger partial charge in [0.2, 0.25) is 0 Å². The van der Waals surface area contributed by atoms with Crippen LogP contribution in [0.4, 0.5) is 0 Å². The van der Waals surface area contributed by atoms with Gasteiger partial charge in [-0.15, -0.1) is 0 Å². The summed E-state index contributed by atoms with van der Waals surface area (Å²) in [7, 11) is 0. The highest BCUT2D eigenvalue weighted by Gasteiger charge is 1.87. The van der Waals surface area contributed by atoms with E-state index in [1.165, 1.54) is 0 Å². The second-order valence-corrected chi connectivity index (χ2v) is 2.34. The summed E-state index contributed by atoms with van der Waals surface area (Å²) in [4.78, 5) is 3.91. The highest BCUT2D eigenvalue weighted by atomic mass is 127.